The van der Waals surface area contributed by atoms with Crippen LogP contribution < -0.4 is 0 Å². The van der Waals surface area contributed by atoms with Gasteiger partial charge in [0.05, 0.1) is 0 Å². The van der Waals surface area contributed by atoms with E-state index in [4.69, 9.17) is 14.2 Å². The van der Waals surface area contributed by atoms with Crippen LogP contribution in [0.5, 0.6) is 0 Å². The molecule has 0 rings (SSSR count). The Bertz CT molecular complexity index is 1340. The Hall–Kier alpha value is -3.93. The Morgan fingerprint density at radius 3 is 0.984 bits per heavy atom. The van der Waals surface area contributed by atoms with Crippen LogP contribution in [-0.4, -0.2) is 37.2 Å². The molecular weight excluding hydrogens is 793 g/mol. The van der Waals surface area contributed by atoms with E-state index >= 15 is 0 Å². The predicted octanol–water partition coefficient (Wildman–Crippen LogP) is 17.1. The highest BCUT2D eigenvalue weighted by atomic mass is 16.6. The lowest BCUT2D eigenvalue weighted by Crippen LogP contribution is -2.30. The quantitative estimate of drug-likeness (QED) is 0.0262. The summed E-state index contributed by atoms with van der Waals surface area (Å²) in [6, 6.07) is 0. The maximum atomic E-state index is 12.8. The molecule has 0 saturated heterocycles. The lowest BCUT2D eigenvalue weighted by atomic mass is 10.1. The number of hydrogen-bond donors (Lipinski definition) is 0. The summed E-state index contributed by atoms with van der Waals surface area (Å²) in [6.45, 7) is 6.29. The van der Waals surface area contributed by atoms with Crippen LogP contribution in [0.25, 0.3) is 0 Å². The third-order valence-corrected chi connectivity index (χ3v) is 10.7. The lowest BCUT2D eigenvalue weighted by molar-refractivity contribution is -0.167. The fourth-order valence-electron chi connectivity index (χ4n) is 6.80. The van der Waals surface area contributed by atoms with Crippen molar-refractivity contribution in [3.05, 3.63) is 109 Å². The highest BCUT2D eigenvalue weighted by molar-refractivity contribution is 5.71. The van der Waals surface area contributed by atoms with E-state index in [1.165, 1.54) is 70.6 Å². The summed E-state index contributed by atoms with van der Waals surface area (Å²) in [4.78, 5) is 38.0. The number of hydrogen-bond acceptors (Lipinski definition) is 6. The van der Waals surface area contributed by atoms with Gasteiger partial charge in [-0.3, -0.25) is 14.4 Å². The first-order valence-electron chi connectivity index (χ1n) is 26.0. The zero-order chi connectivity index (χ0) is 46.5. The van der Waals surface area contributed by atoms with Crippen LogP contribution in [0.4, 0.5) is 0 Å². The maximum Gasteiger partial charge on any atom is 0.306 e. The first kappa shape index (κ1) is 60.1. The number of esters is 3. The van der Waals surface area contributed by atoms with Crippen molar-refractivity contribution in [3.63, 3.8) is 0 Å². The van der Waals surface area contributed by atoms with E-state index in [-0.39, 0.29) is 31.1 Å². The van der Waals surface area contributed by atoms with Gasteiger partial charge < -0.3 is 14.2 Å². The van der Waals surface area contributed by atoms with Crippen LogP contribution in [0.3, 0.4) is 0 Å². The monoisotopic (exact) mass is 887 g/mol. The summed E-state index contributed by atoms with van der Waals surface area (Å²) < 4.78 is 16.7. The second-order valence-electron chi connectivity index (χ2n) is 16.8. The number of rotatable bonds is 45. The number of allylic oxidation sites excluding steroid dienone is 18. The fraction of sp³-hybridized carbons (Fsp3) is 0.638. The summed E-state index contributed by atoms with van der Waals surface area (Å²) >= 11 is 0. The van der Waals surface area contributed by atoms with Crippen LogP contribution in [0.2, 0.25) is 0 Å². The van der Waals surface area contributed by atoms with Crippen molar-refractivity contribution >= 4 is 17.9 Å². The fourth-order valence-corrected chi connectivity index (χ4v) is 6.80. The van der Waals surface area contributed by atoms with Gasteiger partial charge in [0.25, 0.3) is 0 Å². The summed E-state index contributed by atoms with van der Waals surface area (Å²) in [5, 5.41) is 0. The molecule has 0 aliphatic rings. The number of unbranched alkanes of at least 4 members (excludes halogenated alkanes) is 22. The molecule has 0 saturated carbocycles. The molecule has 0 fully saturated rings. The molecule has 362 valence electrons. The SMILES string of the molecule is CC/C=C/C=C/C=C/C=C/CCCCCC(=O)OCC(COC(=O)CCCCCCC/C=C/C=C/CCCCCCCCC)OC(=O)CCCCCCCCC/C=C/C=C/C=C/CC. The van der Waals surface area contributed by atoms with E-state index in [0.29, 0.717) is 19.3 Å². The molecule has 6 heteroatoms. The highest BCUT2D eigenvalue weighted by Gasteiger charge is 2.19. The molecule has 6 nitrogen and oxygen atoms in total. The Morgan fingerprint density at radius 2 is 0.609 bits per heavy atom. The Balaban J connectivity index is 4.48. The number of ether oxygens (including phenoxy) is 3. The Labute approximate surface area is 393 Å². The number of carbonyl (C=O) groups excluding carboxylic acids is 3. The van der Waals surface area contributed by atoms with E-state index in [0.717, 1.165) is 109 Å². The molecule has 0 radical (unpaired) electrons. The summed E-state index contributed by atoms with van der Waals surface area (Å²) in [5.41, 5.74) is 0. The van der Waals surface area contributed by atoms with Crippen molar-refractivity contribution in [1.82, 2.24) is 0 Å². The molecule has 0 aromatic rings. The third kappa shape index (κ3) is 49.1. The van der Waals surface area contributed by atoms with Gasteiger partial charge in [0.1, 0.15) is 13.2 Å². The van der Waals surface area contributed by atoms with Gasteiger partial charge in [-0.25, -0.2) is 0 Å². The maximum absolute atomic E-state index is 12.8. The van der Waals surface area contributed by atoms with Crippen LogP contribution in [0, 0.1) is 0 Å². The van der Waals surface area contributed by atoms with Crippen LogP contribution in [0.15, 0.2) is 109 Å². The largest absolute Gasteiger partial charge is 0.462 e. The first-order chi connectivity index (χ1) is 31.5. The summed E-state index contributed by atoms with van der Waals surface area (Å²) in [7, 11) is 0. The van der Waals surface area contributed by atoms with Crippen molar-refractivity contribution < 1.29 is 28.6 Å². The summed E-state index contributed by atoms with van der Waals surface area (Å²) in [5.74, 6) is -0.977. The second kappa shape index (κ2) is 51.7. The van der Waals surface area contributed by atoms with Crippen molar-refractivity contribution in [2.45, 2.75) is 226 Å². The number of carbonyl (C=O) groups is 3. The molecule has 0 aliphatic heterocycles. The minimum atomic E-state index is -0.809. The molecule has 1 unspecified atom stereocenters. The van der Waals surface area contributed by atoms with E-state index in [1.807, 2.05) is 36.5 Å². The van der Waals surface area contributed by atoms with E-state index in [2.05, 4.69) is 93.7 Å². The lowest BCUT2D eigenvalue weighted by Gasteiger charge is -2.18. The van der Waals surface area contributed by atoms with Gasteiger partial charge in [-0.1, -0.05) is 226 Å². The Morgan fingerprint density at radius 1 is 0.328 bits per heavy atom. The molecule has 0 bridgehead atoms. The first-order valence-corrected chi connectivity index (χ1v) is 26.0. The summed E-state index contributed by atoms with van der Waals surface area (Å²) in [6.07, 6.45) is 69.3. The van der Waals surface area contributed by atoms with Gasteiger partial charge >= 0.3 is 17.9 Å². The van der Waals surface area contributed by atoms with Crippen LogP contribution in [0.1, 0.15) is 220 Å². The molecule has 1 atom stereocenters. The smallest absolute Gasteiger partial charge is 0.306 e. The average Bonchev–Trinajstić information content (AvgIpc) is 3.29. The normalized spacial score (nSPS) is 13.0. The van der Waals surface area contributed by atoms with Crippen molar-refractivity contribution in [2.75, 3.05) is 13.2 Å². The zero-order valence-corrected chi connectivity index (χ0v) is 41.3. The predicted molar refractivity (Wildman–Crippen MR) is 274 cm³/mol. The van der Waals surface area contributed by atoms with Gasteiger partial charge in [-0.05, 0) is 83.5 Å². The van der Waals surface area contributed by atoms with Crippen molar-refractivity contribution in [2.24, 2.45) is 0 Å². The van der Waals surface area contributed by atoms with Gasteiger partial charge in [-0.2, -0.15) is 0 Å². The van der Waals surface area contributed by atoms with Gasteiger partial charge in [0.15, 0.2) is 6.10 Å². The minimum absolute atomic E-state index is 0.106. The molecule has 0 spiro atoms. The van der Waals surface area contributed by atoms with Crippen LogP contribution in [-0.2, 0) is 28.6 Å². The second-order valence-corrected chi connectivity index (χ2v) is 16.8. The van der Waals surface area contributed by atoms with Crippen molar-refractivity contribution in [3.8, 4) is 0 Å². The highest BCUT2D eigenvalue weighted by Crippen LogP contribution is 2.14. The van der Waals surface area contributed by atoms with Gasteiger partial charge in [-0.15, -0.1) is 0 Å². The standard InChI is InChI=1S/C58H94O6/c1-4-7-10-13-16-19-22-25-27-28-29-31-33-36-39-42-45-48-51-57(60)63-54-55(53-62-56(59)50-47-44-41-38-35-32-24-21-18-15-12-9-6-3)64-58(61)52-49-46-43-40-37-34-30-26-23-20-17-14-11-8-5-2/h8-9,11-12,14-15,17-18,20-21,23-24,27-29,31-32,35,55H,4-7,10,13,16,19,22,25-26,30,33-34,36-54H2,1-3H3/b11-8+,12-9+,17-14+,18-15+,23-20+,24-21+,28-27+,31-29+,35-32+. The minimum Gasteiger partial charge on any atom is -0.462 e. The van der Waals surface area contributed by atoms with E-state index in [9.17, 15) is 14.4 Å². The average molecular weight is 887 g/mol. The van der Waals surface area contributed by atoms with E-state index in [1.54, 1.807) is 0 Å². The molecular formula is C58H94O6. The molecule has 0 aliphatic carbocycles. The molecule has 0 N–H and O–H groups in total. The van der Waals surface area contributed by atoms with E-state index < -0.39 is 6.10 Å². The van der Waals surface area contributed by atoms with Gasteiger partial charge in [0, 0.05) is 19.3 Å². The molecule has 0 heterocycles. The molecule has 0 aromatic carbocycles. The topological polar surface area (TPSA) is 78.9 Å². The van der Waals surface area contributed by atoms with Crippen LogP contribution >= 0.6 is 0 Å². The van der Waals surface area contributed by atoms with Crippen molar-refractivity contribution in [1.29, 1.82) is 0 Å². The molecule has 0 aromatic heterocycles. The molecule has 0 amide bonds. The Kier molecular flexibility index (Phi) is 48.5. The zero-order valence-electron chi connectivity index (χ0n) is 41.3. The third-order valence-electron chi connectivity index (χ3n) is 10.7. The van der Waals surface area contributed by atoms with Gasteiger partial charge in [0.2, 0.25) is 0 Å². The molecule has 64 heavy (non-hydrogen) atoms.